The predicted molar refractivity (Wildman–Crippen MR) is 118 cm³/mol. The Kier molecular flexibility index (Phi) is 5.28. The largest absolute Gasteiger partial charge is 0.379 e. The Morgan fingerprint density at radius 1 is 1.24 bits per heavy atom. The molecule has 2 fully saturated rings. The number of amides is 1. The van der Waals surface area contributed by atoms with Gasteiger partial charge in [-0.05, 0) is 49.6 Å². The number of anilines is 1. The maximum atomic E-state index is 15.6. The third-order valence-corrected chi connectivity index (χ3v) is 6.35. The molecule has 1 saturated carbocycles. The average molecular weight is 449 g/mol. The number of hydrogen-bond donors (Lipinski definition) is 1. The van der Waals surface area contributed by atoms with E-state index in [-0.39, 0.29) is 30.5 Å². The van der Waals surface area contributed by atoms with Crippen molar-refractivity contribution in [2.24, 2.45) is 7.05 Å². The summed E-state index contributed by atoms with van der Waals surface area (Å²) in [5.74, 6) is 0.00605. The van der Waals surface area contributed by atoms with Crippen molar-refractivity contribution in [1.82, 2.24) is 19.7 Å². The molecule has 2 aliphatic rings. The van der Waals surface area contributed by atoms with Crippen LogP contribution in [-0.4, -0.2) is 44.7 Å². The number of halogens is 1. The Bertz CT molecular complexity index is 1230. The summed E-state index contributed by atoms with van der Waals surface area (Å²) in [4.78, 5) is 29.4. The minimum absolute atomic E-state index is 0.111. The highest BCUT2D eigenvalue weighted by atomic mass is 19.1. The number of alkyl halides is 1. The molecule has 1 unspecified atom stereocenters. The number of pyridine rings is 1. The topological polar surface area (TPSA) is 99.0 Å². The molecule has 170 valence electrons. The van der Waals surface area contributed by atoms with Gasteiger partial charge in [0.1, 0.15) is 12.0 Å². The fourth-order valence-corrected chi connectivity index (χ4v) is 4.11. The van der Waals surface area contributed by atoms with Gasteiger partial charge in [-0.3, -0.25) is 9.59 Å². The summed E-state index contributed by atoms with van der Waals surface area (Å²) in [6.07, 6.45) is 2.07. The molecule has 1 atom stereocenters. The van der Waals surface area contributed by atoms with E-state index in [1.165, 1.54) is 19.3 Å². The number of ketones is 1. The van der Waals surface area contributed by atoms with Gasteiger partial charge in [0.25, 0.3) is 5.91 Å². The molecule has 1 amide bonds. The molecular weight excluding hydrogens is 425 g/mol. The van der Waals surface area contributed by atoms with Gasteiger partial charge in [-0.25, -0.2) is 9.37 Å². The van der Waals surface area contributed by atoms with Gasteiger partial charge < -0.3 is 14.6 Å². The summed E-state index contributed by atoms with van der Waals surface area (Å²) in [5.41, 5.74) is 1.74. The molecule has 0 bridgehead atoms. The van der Waals surface area contributed by atoms with Crippen molar-refractivity contribution in [1.29, 1.82) is 0 Å². The Hall–Kier alpha value is -3.46. The van der Waals surface area contributed by atoms with Crippen molar-refractivity contribution in [2.45, 2.75) is 37.3 Å². The van der Waals surface area contributed by atoms with Crippen LogP contribution in [0.15, 0.2) is 42.7 Å². The van der Waals surface area contributed by atoms with E-state index in [0.717, 1.165) is 18.5 Å². The second-order valence-electron chi connectivity index (χ2n) is 8.84. The lowest BCUT2D eigenvalue weighted by Crippen LogP contribution is -2.50. The van der Waals surface area contributed by atoms with E-state index < -0.39 is 17.5 Å². The molecule has 1 aromatic carbocycles. The lowest BCUT2D eigenvalue weighted by molar-refractivity contribution is -0.102. The Morgan fingerprint density at radius 3 is 2.64 bits per heavy atom. The van der Waals surface area contributed by atoms with Crippen LogP contribution in [0.25, 0.3) is 0 Å². The molecule has 3 aromatic rings. The van der Waals surface area contributed by atoms with E-state index in [4.69, 9.17) is 4.74 Å². The molecule has 1 N–H and O–H groups in total. The van der Waals surface area contributed by atoms with Gasteiger partial charge in [-0.15, -0.1) is 10.2 Å². The lowest BCUT2D eigenvalue weighted by Gasteiger charge is -2.43. The van der Waals surface area contributed by atoms with Gasteiger partial charge in [0, 0.05) is 29.9 Å². The van der Waals surface area contributed by atoms with Crippen molar-refractivity contribution in [3.05, 3.63) is 71.1 Å². The Labute approximate surface area is 190 Å². The highest BCUT2D eigenvalue weighted by Crippen LogP contribution is 2.45. The predicted octanol–water partition coefficient (Wildman–Crippen LogP) is 3.52. The van der Waals surface area contributed by atoms with E-state index in [1.807, 2.05) is 6.07 Å². The number of nitrogens with zero attached hydrogens (tertiary/aromatic N) is 4. The van der Waals surface area contributed by atoms with Gasteiger partial charge in [-0.1, -0.05) is 12.1 Å². The van der Waals surface area contributed by atoms with E-state index in [9.17, 15) is 9.59 Å². The van der Waals surface area contributed by atoms with E-state index in [1.54, 1.807) is 35.9 Å². The summed E-state index contributed by atoms with van der Waals surface area (Å²) < 4.78 is 22.5. The summed E-state index contributed by atoms with van der Waals surface area (Å²) in [7, 11) is 1.70. The number of Topliss-reactive ketones (excluding diaryl/α,β-unsaturated/α-hetero) is 1. The maximum Gasteiger partial charge on any atom is 0.274 e. The van der Waals surface area contributed by atoms with Crippen LogP contribution in [0, 0.1) is 0 Å². The van der Waals surface area contributed by atoms with Crippen LogP contribution in [0.2, 0.25) is 0 Å². The van der Waals surface area contributed by atoms with E-state index in [2.05, 4.69) is 20.5 Å². The van der Waals surface area contributed by atoms with Gasteiger partial charge in [0.15, 0.2) is 17.8 Å². The third kappa shape index (κ3) is 3.93. The molecule has 0 radical (unpaired) electrons. The summed E-state index contributed by atoms with van der Waals surface area (Å²) in [6.45, 7) is 1.87. The van der Waals surface area contributed by atoms with Gasteiger partial charge in [-0.2, -0.15) is 0 Å². The third-order valence-electron chi connectivity index (χ3n) is 6.35. The summed E-state index contributed by atoms with van der Waals surface area (Å²) in [6, 6.07) is 10.4. The molecule has 5 rings (SSSR count). The minimum Gasteiger partial charge on any atom is -0.379 e. The number of ether oxygens (including phenoxy) is 1. The Balaban J connectivity index is 1.41. The first kappa shape index (κ1) is 21.4. The minimum atomic E-state index is -1.42. The summed E-state index contributed by atoms with van der Waals surface area (Å²) >= 11 is 0. The highest BCUT2D eigenvalue weighted by Gasteiger charge is 2.50. The normalized spacial score (nSPS) is 17.8. The molecule has 0 spiro atoms. The fourth-order valence-electron chi connectivity index (χ4n) is 4.11. The zero-order chi connectivity index (χ0) is 23.2. The van der Waals surface area contributed by atoms with Gasteiger partial charge in [0.2, 0.25) is 0 Å². The Morgan fingerprint density at radius 2 is 2.03 bits per heavy atom. The quantitative estimate of drug-likeness (QED) is 0.554. The SMILES string of the molecule is CC(=O)c1cc(C(=O)Nc2cccc(C3(C(F)c4nncn4C)COC3)c2)nc(C2CC2)c1. The number of aromatic nitrogens is 4. The van der Waals surface area contributed by atoms with Crippen LogP contribution in [0.5, 0.6) is 0 Å². The monoisotopic (exact) mass is 449 g/mol. The number of carbonyl (C=O) groups is 2. The zero-order valence-electron chi connectivity index (χ0n) is 18.4. The van der Waals surface area contributed by atoms with Crippen molar-refractivity contribution < 1.29 is 18.7 Å². The molecule has 33 heavy (non-hydrogen) atoms. The average Bonchev–Trinajstić information content (AvgIpc) is 3.53. The first-order chi connectivity index (χ1) is 15.9. The van der Waals surface area contributed by atoms with E-state index in [0.29, 0.717) is 22.7 Å². The summed E-state index contributed by atoms with van der Waals surface area (Å²) in [5, 5.41) is 10.6. The number of rotatable bonds is 7. The van der Waals surface area contributed by atoms with Crippen molar-refractivity contribution >= 4 is 17.4 Å². The first-order valence-electron chi connectivity index (χ1n) is 10.9. The van der Waals surface area contributed by atoms with Crippen molar-refractivity contribution in [2.75, 3.05) is 18.5 Å². The van der Waals surface area contributed by atoms with Crippen LogP contribution in [0.3, 0.4) is 0 Å². The van der Waals surface area contributed by atoms with Crippen molar-refractivity contribution in [3.8, 4) is 0 Å². The molecule has 1 saturated heterocycles. The molecule has 1 aliphatic heterocycles. The molecule has 3 heterocycles. The number of carbonyl (C=O) groups excluding carboxylic acids is 2. The first-order valence-corrected chi connectivity index (χ1v) is 10.9. The molecule has 2 aromatic heterocycles. The number of benzene rings is 1. The standard InChI is InChI=1S/C24H24FN5O3/c1-14(31)16-8-19(15-6-7-15)28-20(9-16)23(32)27-18-5-3-4-17(10-18)24(11-33-12-24)21(25)22-29-26-13-30(22)2/h3-5,8-10,13,15,21H,6-7,11-12H2,1-2H3,(H,27,32). The second-order valence-corrected chi connectivity index (χ2v) is 8.84. The zero-order valence-corrected chi connectivity index (χ0v) is 18.4. The van der Waals surface area contributed by atoms with Crippen LogP contribution < -0.4 is 5.32 Å². The lowest BCUT2D eigenvalue weighted by atomic mass is 9.74. The fraction of sp³-hybridized carbons (Fsp3) is 0.375. The van der Waals surface area contributed by atoms with Crippen LogP contribution in [0.4, 0.5) is 10.1 Å². The van der Waals surface area contributed by atoms with Crippen molar-refractivity contribution in [3.63, 3.8) is 0 Å². The van der Waals surface area contributed by atoms with Gasteiger partial charge in [0.05, 0.1) is 18.6 Å². The number of aryl methyl sites for hydroxylation is 1. The smallest absolute Gasteiger partial charge is 0.274 e. The maximum absolute atomic E-state index is 15.6. The van der Waals surface area contributed by atoms with Crippen LogP contribution in [0.1, 0.15) is 69.8 Å². The molecule has 1 aliphatic carbocycles. The molecule has 9 heteroatoms. The van der Waals surface area contributed by atoms with Crippen LogP contribution in [-0.2, 0) is 17.2 Å². The van der Waals surface area contributed by atoms with Gasteiger partial charge >= 0.3 is 0 Å². The number of hydrogen-bond acceptors (Lipinski definition) is 6. The highest BCUT2D eigenvalue weighted by molar-refractivity contribution is 6.05. The second kappa shape index (κ2) is 8.15. The van der Waals surface area contributed by atoms with E-state index >= 15 is 4.39 Å². The van der Waals surface area contributed by atoms with Crippen LogP contribution >= 0.6 is 0 Å². The molecular formula is C24H24FN5O3. The number of nitrogens with one attached hydrogen (secondary N) is 1. The molecule has 8 nitrogen and oxygen atoms in total.